The molecule has 1 aromatic rings. The Morgan fingerprint density at radius 3 is 2.47 bits per heavy atom. The number of benzene rings is 1. The fourth-order valence-corrected chi connectivity index (χ4v) is 2.38. The van der Waals surface area contributed by atoms with Crippen molar-refractivity contribution in [2.75, 3.05) is 6.54 Å². The predicted molar refractivity (Wildman–Crippen MR) is 67.9 cm³/mol. The van der Waals surface area contributed by atoms with E-state index >= 15 is 0 Å². The lowest BCUT2D eigenvalue weighted by Crippen LogP contribution is -2.37. The zero-order valence-corrected chi connectivity index (χ0v) is 10.3. The van der Waals surface area contributed by atoms with E-state index in [1.165, 1.54) is 5.56 Å². The Labute approximate surface area is 102 Å². The van der Waals surface area contributed by atoms with Crippen molar-refractivity contribution in [2.45, 2.75) is 38.3 Å². The number of phenolic OH excluding ortho intramolecular Hbond substituents is 1. The highest BCUT2D eigenvalue weighted by atomic mass is 16.3. The third-order valence-electron chi connectivity index (χ3n) is 3.57. The summed E-state index contributed by atoms with van der Waals surface area (Å²) in [4.78, 5) is 0. The van der Waals surface area contributed by atoms with Gasteiger partial charge in [0.25, 0.3) is 0 Å². The van der Waals surface area contributed by atoms with Crippen LogP contribution >= 0.6 is 0 Å². The molecule has 17 heavy (non-hydrogen) atoms. The fraction of sp³-hybridized carbons (Fsp3) is 0.571. The molecule has 0 spiro atoms. The zero-order valence-electron chi connectivity index (χ0n) is 10.3. The number of hydrogen-bond donors (Lipinski definition) is 3. The van der Waals surface area contributed by atoms with Crippen molar-refractivity contribution in [2.24, 2.45) is 5.92 Å². The second-order valence-electron chi connectivity index (χ2n) is 4.95. The molecule has 0 bridgehead atoms. The molecule has 1 aromatic carbocycles. The summed E-state index contributed by atoms with van der Waals surface area (Å²) in [7, 11) is 0. The average Bonchev–Trinajstić information content (AvgIpc) is 2.29. The first kappa shape index (κ1) is 12.4. The topological polar surface area (TPSA) is 52.5 Å². The quantitative estimate of drug-likeness (QED) is 0.733. The largest absolute Gasteiger partial charge is 0.508 e. The highest BCUT2D eigenvalue weighted by molar-refractivity contribution is 5.27. The van der Waals surface area contributed by atoms with Gasteiger partial charge in [-0.25, -0.2) is 0 Å². The molecule has 3 N–H and O–H groups in total. The molecule has 0 amide bonds. The van der Waals surface area contributed by atoms with Gasteiger partial charge in [-0.3, -0.25) is 0 Å². The molecule has 1 atom stereocenters. The van der Waals surface area contributed by atoms with E-state index in [1.807, 2.05) is 12.1 Å². The van der Waals surface area contributed by atoms with E-state index in [9.17, 15) is 10.2 Å². The van der Waals surface area contributed by atoms with Gasteiger partial charge in [-0.2, -0.15) is 0 Å². The van der Waals surface area contributed by atoms with Gasteiger partial charge in [0.15, 0.2) is 0 Å². The summed E-state index contributed by atoms with van der Waals surface area (Å²) in [5.41, 5.74) is 1.21. The highest BCUT2D eigenvalue weighted by Crippen LogP contribution is 2.27. The van der Waals surface area contributed by atoms with Gasteiger partial charge in [0.1, 0.15) is 5.75 Å². The molecule has 0 aliphatic heterocycles. The molecule has 1 aliphatic carbocycles. The summed E-state index contributed by atoms with van der Waals surface area (Å²) >= 11 is 0. The minimum absolute atomic E-state index is 0.0736. The standard InChI is InChI=1S/C14H21NO2/c1-2-14(11-3-5-12(16)6-4-11)15-9-10-7-13(17)8-10/h3-6,10,13-17H,2,7-9H2,1H3. The SMILES string of the molecule is CCC(NCC1CC(O)C1)c1ccc(O)cc1. The Morgan fingerprint density at radius 2 is 1.94 bits per heavy atom. The van der Waals surface area contributed by atoms with Crippen molar-refractivity contribution in [3.8, 4) is 5.75 Å². The summed E-state index contributed by atoms with van der Waals surface area (Å²) in [5, 5.41) is 22.0. The Bertz CT molecular complexity index is 344. The lowest BCUT2D eigenvalue weighted by molar-refractivity contribution is 0.0418. The van der Waals surface area contributed by atoms with Crippen LogP contribution in [0.15, 0.2) is 24.3 Å². The van der Waals surface area contributed by atoms with Gasteiger partial charge < -0.3 is 15.5 Å². The minimum Gasteiger partial charge on any atom is -0.508 e. The molecule has 1 saturated carbocycles. The van der Waals surface area contributed by atoms with Crippen molar-refractivity contribution in [1.29, 1.82) is 0 Å². The van der Waals surface area contributed by atoms with Gasteiger partial charge in [0, 0.05) is 6.04 Å². The number of rotatable bonds is 5. The molecule has 1 unspecified atom stereocenters. The molecule has 1 aliphatic rings. The zero-order chi connectivity index (χ0) is 12.3. The van der Waals surface area contributed by atoms with Gasteiger partial charge in [0.05, 0.1) is 6.10 Å². The maximum Gasteiger partial charge on any atom is 0.115 e. The van der Waals surface area contributed by atoms with Crippen LogP contribution in [0.2, 0.25) is 0 Å². The highest BCUT2D eigenvalue weighted by Gasteiger charge is 2.27. The van der Waals surface area contributed by atoms with Crippen molar-refractivity contribution < 1.29 is 10.2 Å². The molecule has 0 aromatic heterocycles. The predicted octanol–water partition coefficient (Wildman–Crippen LogP) is 2.20. The Hall–Kier alpha value is -1.06. The van der Waals surface area contributed by atoms with Crippen molar-refractivity contribution in [3.05, 3.63) is 29.8 Å². The summed E-state index contributed by atoms with van der Waals surface area (Å²) in [5.74, 6) is 0.932. The number of hydrogen-bond acceptors (Lipinski definition) is 3. The molecule has 1 fully saturated rings. The summed E-state index contributed by atoms with van der Waals surface area (Å²) < 4.78 is 0. The Morgan fingerprint density at radius 1 is 1.29 bits per heavy atom. The van der Waals surface area contributed by atoms with Crippen LogP contribution in [0.3, 0.4) is 0 Å². The molecule has 0 radical (unpaired) electrons. The molecule has 0 heterocycles. The van der Waals surface area contributed by atoms with Crippen molar-refractivity contribution in [1.82, 2.24) is 5.32 Å². The second kappa shape index (κ2) is 5.52. The first-order chi connectivity index (χ1) is 8.19. The van der Waals surface area contributed by atoms with E-state index in [4.69, 9.17) is 0 Å². The Balaban J connectivity index is 1.85. The lowest BCUT2D eigenvalue weighted by atomic mass is 9.82. The number of phenols is 1. The molecule has 3 heteroatoms. The van der Waals surface area contributed by atoms with Gasteiger partial charge in [-0.15, -0.1) is 0 Å². The van der Waals surface area contributed by atoms with E-state index in [0.717, 1.165) is 25.8 Å². The molecule has 3 nitrogen and oxygen atoms in total. The van der Waals surface area contributed by atoms with Gasteiger partial charge >= 0.3 is 0 Å². The minimum atomic E-state index is -0.0736. The van der Waals surface area contributed by atoms with E-state index in [-0.39, 0.29) is 6.10 Å². The first-order valence-electron chi connectivity index (χ1n) is 6.39. The smallest absolute Gasteiger partial charge is 0.115 e. The van der Waals surface area contributed by atoms with Gasteiger partial charge in [-0.05, 0) is 49.4 Å². The number of aliphatic hydroxyl groups is 1. The molecular weight excluding hydrogens is 214 g/mol. The van der Waals surface area contributed by atoms with E-state index < -0.39 is 0 Å². The monoisotopic (exact) mass is 235 g/mol. The average molecular weight is 235 g/mol. The van der Waals surface area contributed by atoms with E-state index in [0.29, 0.717) is 17.7 Å². The number of aliphatic hydroxyl groups excluding tert-OH is 1. The normalized spacial score (nSPS) is 25.3. The van der Waals surface area contributed by atoms with Crippen LogP contribution in [-0.2, 0) is 0 Å². The van der Waals surface area contributed by atoms with E-state index in [1.54, 1.807) is 12.1 Å². The molecule has 0 saturated heterocycles. The van der Waals surface area contributed by atoms with Crippen molar-refractivity contribution in [3.63, 3.8) is 0 Å². The number of aromatic hydroxyl groups is 1. The van der Waals surface area contributed by atoms with Gasteiger partial charge in [-0.1, -0.05) is 19.1 Å². The molecule has 94 valence electrons. The number of nitrogens with one attached hydrogen (secondary N) is 1. The third kappa shape index (κ3) is 3.20. The van der Waals surface area contributed by atoms with Crippen LogP contribution in [0.25, 0.3) is 0 Å². The van der Waals surface area contributed by atoms with Crippen LogP contribution in [0.5, 0.6) is 5.75 Å². The van der Waals surface area contributed by atoms with Crippen LogP contribution in [0, 0.1) is 5.92 Å². The maximum atomic E-state index is 9.26. The van der Waals surface area contributed by atoms with Crippen LogP contribution in [0.1, 0.15) is 37.8 Å². The van der Waals surface area contributed by atoms with Crippen LogP contribution < -0.4 is 5.32 Å². The van der Waals surface area contributed by atoms with Crippen molar-refractivity contribution >= 4 is 0 Å². The van der Waals surface area contributed by atoms with Crippen LogP contribution in [0.4, 0.5) is 0 Å². The Kier molecular flexibility index (Phi) is 4.02. The van der Waals surface area contributed by atoms with E-state index in [2.05, 4.69) is 12.2 Å². The molecule has 2 rings (SSSR count). The third-order valence-corrected chi connectivity index (χ3v) is 3.57. The summed E-state index contributed by atoms with van der Waals surface area (Å²) in [6.45, 7) is 3.12. The molecular formula is C14H21NO2. The lowest BCUT2D eigenvalue weighted by Gasteiger charge is -2.33. The maximum absolute atomic E-state index is 9.26. The summed E-state index contributed by atoms with van der Waals surface area (Å²) in [6.07, 6.45) is 2.81. The van der Waals surface area contributed by atoms with Crippen LogP contribution in [-0.4, -0.2) is 22.9 Å². The van der Waals surface area contributed by atoms with Gasteiger partial charge in [0.2, 0.25) is 0 Å². The fourth-order valence-electron chi connectivity index (χ4n) is 2.38. The second-order valence-corrected chi connectivity index (χ2v) is 4.95. The first-order valence-corrected chi connectivity index (χ1v) is 6.39. The summed E-state index contributed by atoms with van der Waals surface area (Å²) in [6, 6.07) is 7.73.